The minimum Gasteiger partial charge on any atom is -0.322 e. The van der Waals surface area contributed by atoms with E-state index in [0.717, 1.165) is 36.3 Å². The first-order valence-corrected chi connectivity index (χ1v) is 9.65. The number of anilines is 2. The molecule has 4 nitrogen and oxygen atoms in total. The van der Waals surface area contributed by atoms with Crippen molar-refractivity contribution in [2.45, 2.75) is 52.4 Å². The Hall–Kier alpha value is -2.62. The smallest absolute Gasteiger partial charge is 0.255 e. The Morgan fingerprint density at radius 2 is 1.78 bits per heavy atom. The number of carbonyl (C=O) groups is 2. The normalized spacial score (nSPS) is 13.9. The van der Waals surface area contributed by atoms with Gasteiger partial charge in [0.2, 0.25) is 5.91 Å². The van der Waals surface area contributed by atoms with Gasteiger partial charge in [0.15, 0.2) is 0 Å². The van der Waals surface area contributed by atoms with Crippen molar-refractivity contribution in [1.82, 2.24) is 0 Å². The quantitative estimate of drug-likeness (QED) is 0.840. The predicted octanol–water partition coefficient (Wildman–Crippen LogP) is 4.93. The molecule has 0 bridgehead atoms. The van der Waals surface area contributed by atoms with Gasteiger partial charge in [-0.05, 0) is 53.6 Å². The van der Waals surface area contributed by atoms with Crippen molar-refractivity contribution < 1.29 is 9.59 Å². The van der Waals surface area contributed by atoms with E-state index in [0.29, 0.717) is 12.0 Å². The molecule has 27 heavy (non-hydrogen) atoms. The van der Waals surface area contributed by atoms with E-state index in [4.69, 9.17) is 0 Å². The molecule has 1 N–H and O–H groups in total. The first kappa shape index (κ1) is 19.2. The fraction of sp³-hybridized carbons (Fsp3) is 0.391. The van der Waals surface area contributed by atoms with Crippen LogP contribution in [0.3, 0.4) is 0 Å². The third-order valence-electron chi connectivity index (χ3n) is 5.08. The van der Waals surface area contributed by atoms with Crippen molar-refractivity contribution in [2.24, 2.45) is 0 Å². The minimum atomic E-state index is -0.139. The standard InChI is InChI=1S/C23H28N2O2/c1-5-21(26)25-14-6-7-16-10-13-19(15-20(16)25)24-22(27)17-8-11-18(12-9-17)23(2,3)4/h8-13,15H,5-7,14H2,1-4H3,(H,24,27). The third-order valence-corrected chi connectivity index (χ3v) is 5.08. The molecule has 3 rings (SSSR count). The molecule has 0 fully saturated rings. The highest BCUT2D eigenvalue weighted by atomic mass is 16.2. The van der Waals surface area contributed by atoms with Gasteiger partial charge in [0.1, 0.15) is 0 Å². The molecular weight excluding hydrogens is 336 g/mol. The van der Waals surface area contributed by atoms with Gasteiger partial charge in [0.25, 0.3) is 5.91 Å². The average Bonchev–Trinajstić information content (AvgIpc) is 2.66. The summed E-state index contributed by atoms with van der Waals surface area (Å²) in [5, 5.41) is 2.97. The van der Waals surface area contributed by atoms with Gasteiger partial charge in [-0.1, -0.05) is 45.9 Å². The molecule has 0 aliphatic carbocycles. The summed E-state index contributed by atoms with van der Waals surface area (Å²) in [6.07, 6.45) is 2.42. The molecule has 0 aromatic heterocycles. The van der Waals surface area contributed by atoms with Crippen molar-refractivity contribution in [2.75, 3.05) is 16.8 Å². The summed E-state index contributed by atoms with van der Waals surface area (Å²) in [6.45, 7) is 9.07. The van der Waals surface area contributed by atoms with Crippen LogP contribution in [0.1, 0.15) is 62.0 Å². The van der Waals surface area contributed by atoms with Gasteiger partial charge in [-0.15, -0.1) is 0 Å². The van der Waals surface area contributed by atoms with Gasteiger partial charge in [0, 0.05) is 29.9 Å². The highest BCUT2D eigenvalue weighted by Crippen LogP contribution is 2.31. The van der Waals surface area contributed by atoms with E-state index in [1.807, 2.05) is 54.3 Å². The zero-order valence-electron chi connectivity index (χ0n) is 16.6. The van der Waals surface area contributed by atoms with Crippen molar-refractivity contribution in [3.63, 3.8) is 0 Å². The molecule has 1 aliphatic rings. The van der Waals surface area contributed by atoms with Crippen LogP contribution >= 0.6 is 0 Å². The summed E-state index contributed by atoms with van der Waals surface area (Å²) in [5.74, 6) is -0.0169. The molecule has 0 unspecified atom stereocenters. The van der Waals surface area contributed by atoms with Crippen LogP contribution in [-0.4, -0.2) is 18.4 Å². The molecule has 0 atom stereocenters. The summed E-state index contributed by atoms with van der Waals surface area (Å²) in [6, 6.07) is 13.6. The second kappa shape index (κ2) is 7.55. The number of nitrogens with one attached hydrogen (secondary N) is 1. The summed E-state index contributed by atoms with van der Waals surface area (Å²) < 4.78 is 0. The lowest BCUT2D eigenvalue weighted by Gasteiger charge is -2.29. The lowest BCUT2D eigenvalue weighted by atomic mass is 9.87. The van der Waals surface area contributed by atoms with Gasteiger partial charge in [-0.2, -0.15) is 0 Å². The third kappa shape index (κ3) is 4.21. The van der Waals surface area contributed by atoms with E-state index < -0.39 is 0 Å². The molecule has 142 valence electrons. The molecular formula is C23H28N2O2. The molecule has 0 saturated carbocycles. The first-order chi connectivity index (χ1) is 12.8. The molecule has 2 aromatic carbocycles. The summed E-state index contributed by atoms with van der Waals surface area (Å²) in [5.41, 5.74) is 4.69. The average molecular weight is 364 g/mol. The van der Waals surface area contributed by atoms with Gasteiger partial charge >= 0.3 is 0 Å². The second-order valence-electron chi connectivity index (χ2n) is 8.13. The monoisotopic (exact) mass is 364 g/mol. The first-order valence-electron chi connectivity index (χ1n) is 9.65. The molecule has 2 amide bonds. The maximum absolute atomic E-state index is 12.6. The molecule has 1 heterocycles. The molecule has 0 radical (unpaired) electrons. The van der Waals surface area contributed by atoms with Gasteiger partial charge in [-0.25, -0.2) is 0 Å². The number of aryl methyl sites for hydroxylation is 1. The molecule has 0 spiro atoms. The van der Waals surface area contributed by atoms with Crippen LogP contribution in [0.4, 0.5) is 11.4 Å². The Morgan fingerprint density at radius 3 is 2.41 bits per heavy atom. The summed E-state index contributed by atoms with van der Waals surface area (Å²) in [7, 11) is 0. The lowest BCUT2D eigenvalue weighted by Crippen LogP contribution is -2.35. The SMILES string of the molecule is CCC(=O)N1CCCc2ccc(NC(=O)c3ccc(C(C)(C)C)cc3)cc21. The zero-order valence-corrected chi connectivity index (χ0v) is 16.6. The van der Waals surface area contributed by atoms with Gasteiger partial charge in [0.05, 0.1) is 0 Å². The Bertz CT molecular complexity index is 848. The zero-order chi connectivity index (χ0) is 19.6. The molecule has 2 aromatic rings. The number of carbonyl (C=O) groups excluding carboxylic acids is 2. The minimum absolute atomic E-state index is 0.0583. The largest absolute Gasteiger partial charge is 0.322 e. The van der Waals surface area contributed by atoms with E-state index in [-0.39, 0.29) is 17.2 Å². The van der Waals surface area contributed by atoms with Crippen LogP contribution in [0.2, 0.25) is 0 Å². The van der Waals surface area contributed by atoms with Gasteiger partial charge < -0.3 is 10.2 Å². The van der Waals surface area contributed by atoms with E-state index in [9.17, 15) is 9.59 Å². The predicted molar refractivity (Wildman–Crippen MR) is 111 cm³/mol. The summed E-state index contributed by atoms with van der Waals surface area (Å²) in [4.78, 5) is 26.7. The van der Waals surface area contributed by atoms with E-state index >= 15 is 0 Å². The number of rotatable bonds is 3. The van der Waals surface area contributed by atoms with Crippen LogP contribution in [0.25, 0.3) is 0 Å². The number of benzene rings is 2. The van der Waals surface area contributed by atoms with Crippen molar-refractivity contribution in [3.05, 3.63) is 59.2 Å². The van der Waals surface area contributed by atoms with Gasteiger partial charge in [-0.3, -0.25) is 9.59 Å². The topological polar surface area (TPSA) is 49.4 Å². The number of fused-ring (bicyclic) bond motifs is 1. The van der Waals surface area contributed by atoms with Crippen LogP contribution in [-0.2, 0) is 16.6 Å². The lowest BCUT2D eigenvalue weighted by molar-refractivity contribution is -0.118. The molecule has 0 saturated heterocycles. The highest BCUT2D eigenvalue weighted by Gasteiger charge is 2.22. The number of hydrogen-bond donors (Lipinski definition) is 1. The highest BCUT2D eigenvalue weighted by molar-refractivity contribution is 6.05. The number of amides is 2. The van der Waals surface area contributed by atoms with Crippen LogP contribution in [0.5, 0.6) is 0 Å². The fourth-order valence-electron chi connectivity index (χ4n) is 3.43. The number of hydrogen-bond acceptors (Lipinski definition) is 2. The Labute approximate surface area is 161 Å². The van der Waals surface area contributed by atoms with Crippen molar-refractivity contribution in [1.29, 1.82) is 0 Å². The summed E-state index contributed by atoms with van der Waals surface area (Å²) >= 11 is 0. The molecule has 1 aliphatic heterocycles. The maximum atomic E-state index is 12.6. The number of nitrogens with zero attached hydrogens (tertiary/aromatic N) is 1. The Morgan fingerprint density at radius 1 is 1.07 bits per heavy atom. The van der Waals surface area contributed by atoms with Crippen LogP contribution in [0.15, 0.2) is 42.5 Å². The van der Waals surface area contributed by atoms with Crippen LogP contribution < -0.4 is 10.2 Å². The Balaban J connectivity index is 1.80. The fourth-order valence-corrected chi connectivity index (χ4v) is 3.43. The second-order valence-corrected chi connectivity index (χ2v) is 8.13. The van der Waals surface area contributed by atoms with Crippen molar-refractivity contribution >= 4 is 23.2 Å². The van der Waals surface area contributed by atoms with E-state index in [2.05, 4.69) is 26.1 Å². The molecule has 4 heteroatoms. The van der Waals surface area contributed by atoms with E-state index in [1.54, 1.807) is 0 Å². The van der Waals surface area contributed by atoms with Crippen LogP contribution in [0, 0.1) is 0 Å². The maximum Gasteiger partial charge on any atom is 0.255 e. The van der Waals surface area contributed by atoms with E-state index in [1.165, 1.54) is 5.56 Å². The van der Waals surface area contributed by atoms with Crippen molar-refractivity contribution in [3.8, 4) is 0 Å². The Kier molecular flexibility index (Phi) is 5.36.